The zero-order valence-electron chi connectivity index (χ0n) is 24.9. The number of allylic oxidation sites excluding steroid dienone is 5. The Morgan fingerprint density at radius 1 is 0.628 bits per heavy atom. The summed E-state index contributed by atoms with van der Waals surface area (Å²) in [4.78, 5) is 0. The molecule has 43 heavy (non-hydrogen) atoms. The van der Waals surface area contributed by atoms with E-state index in [1.807, 2.05) is 18.2 Å². The average Bonchev–Trinajstić information content (AvgIpc) is 3.58. The molecule has 0 bridgehead atoms. The second-order valence-electron chi connectivity index (χ2n) is 11.2. The smallest absolute Gasteiger partial charge is 0.139 e. The quantitative estimate of drug-likeness (QED) is 0.182. The number of rotatable bonds is 7. The van der Waals surface area contributed by atoms with E-state index in [0.717, 1.165) is 62.3 Å². The molecule has 0 radical (unpaired) electrons. The molecule has 0 aliphatic rings. The number of fused-ring (bicyclic) bond motifs is 6. The van der Waals surface area contributed by atoms with Crippen LogP contribution < -0.4 is 0 Å². The third-order valence-electron chi connectivity index (χ3n) is 8.30. The molecule has 7 rings (SSSR count). The van der Waals surface area contributed by atoms with Gasteiger partial charge in [0.15, 0.2) is 0 Å². The molecule has 7 aromatic rings. The summed E-state index contributed by atoms with van der Waals surface area (Å²) in [6.45, 7) is 6.51. The van der Waals surface area contributed by atoms with Crippen molar-refractivity contribution >= 4 is 55.5 Å². The SMILES string of the molecule is C\C=C/C(C)=C(\C=C\c1cccc(-c2ccc3oc4cc5oc6ccccc6c5cc4c3c2)c1)c1ccccc1CCC. The van der Waals surface area contributed by atoms with Crippen molar-refractivity contribution in [3.05, 3.63) is 144 Å². The molecule has 0 N–H and O–H groups in total. The van der Waals surface area contributed by atoms with E-state index in [2.05, 4.69) is 130 Å². The summed E-state index contributed by atoms with van der Waals surface area (Å²) >= 11 is 0. The van der Waals surface area contributed by atoms with Crippen LogP contribution in [0, 0.1) is 0 Å². The van der Waals surface area contributed by atoms with E-state index in [1.54, 1.807) is 0 Å². The molecule has 210 valence electrons. The Labute approximate surface area is 252 Å². The molecule has 0 unspecified atom stereocenters. The van der Waals surface area contributed by atoms with E-state index in [1.165, 1.54) is 33.4 Å². The average molecular weight is 559 g/mol. The predicted octanol–water partition coefficient (Wildman–Crippen LogP) is 12.2. The van der Waals surface area contributed by atoms with Crippen LogP contribution in [0.5, 0.6) is 0 Å². The van der Waals surface area contributed by atoms with Crippen molar-refractivity contribution in [2.24, 2.45) is 0 Å². The summed E-state index contributed by atoms with van der Waals surface area (Å²) in [5.41, 5.74) is 12.2. The first kappa shape index (κ1) is 26.8. The van der Waals surface area contributed by atoms with Gasteiger partial charge in [-0.3, -0.25) is 0 Å². The Morgan fingerprint density at radius 3 is 2.19 bits per heavy atom. The molecule has 2 aromatic heterocycles. The van der Waals surface area contributed by atoms with E-state index in [4.69, 9.17) is 8.83 Å². The first-order chi connectivity index (χ1) is 21.1. The maximum atomic E-state index is 6.27. The number of hydrogen-bond acceptors (Lipinski definition) is 2. The van der Waals surface area contributed by atoms with Crippen LogP contribution in [0.2, 0.25) is 0 Å². The Hall–Kier alpha value is -5.08. The van der Waals surface area contributed by atoms with Crippen molar-refractivity contribution in [1.82, 2.24) is 0 Å². The van der Waals surface area contributed by atoms with Gasteiger partial charge in [0, 0.05) is 27.6 Å². The normalized spacial score (nSPS) is 12.9. The Morgan fingerprint density at radius 2 is 1.35 bits per heavy atom. The highest BCUT2D eigenvalue weighted by Gasteiger charge is 2.14. The van der Waals surface area contributed by atoms with Crippen molar-refractivity contribution < 1.29 is 8.83 Å². The minimum absolute atomic E-state index is 0.842. The van der Waals surface area contributed by atoms with Crippen LogP contribution in [0.1, 0.15) is 43.9 Å². The van der Waals surface area contributed by atoms with Crippen molar-refractivity contribution in [3.8, 4) is 11.1 Å². The van der Waals surface area contributed by atoms with Gasteiger partial charge < -0.3 is 8.83 Å². The molecular formula is C41H34O2. The Kier molecular flexibility index (Phi) is 7.04. The van der Waals surface area contributed by atoms with Gasteiger partial charge >= 0.3 is 0 Å². The number of para-hydroxylation sites is 1. The first-order valence-electron chi connectivity index (χ1n) is 15.1. The van der Waals surface area contributed by atoms with E-state index >= 15 is 0 Å². The van der Waals surface area contributed by atoms with Crippen LogP contribution in [0.4, 0.5) is 0 Å². The van der Waals surface area contributed by atoms with Gasteiger partial charge in [-0.1, -0.05) is 104 Å². The molecule has 0 aliphatic heterocycles. The molecule has 0 aliphatic carbocycles. The van der Waals surface area contributed by atoms with Crippen LogP contribution in [0.15, 0.2) is 136 Å². The summed E-state index contributed by atoms with van der Waals surface area (Å²) < 4.78 is 12.4. The molecule has 2 heterocycles. The van der Waals surface area contributed by atoms with E-state index in [0.29, 0.717) is 0 Å². The third kappa shape index (κ3) is 5.00. The molecule has 0 amide bonds. The summed E-state index contributed by atoms with van der Waals surface area (Å²) in [7, 11) is 0. The van der Waals surface area contributed by atoms with Crippen molar-refractivity contribution in [2.45, 2.75) is 33.6 Å². The van der Waals surface area contributed by atoms with Gasteiger partial charge in [-0.25, -0.2) is 0 Å². The highest BCUT2D eigenvalue weighted by Crippen LogP contribution is 2.38. The fourth-order valence-electron chi connectivity index (χ4n) is 6.22. The maximum Gasteiger partial charge on any atom is 0.139 e. The third-order valence-corrected chi connectivity index (χ3v) is 8.30. The lowest BCUT2D eigenvalue weighted by Gasteiger charge is -2.12. The lowest BCUT2D eigenvalue weighted by Crippen LogP contribution is -1.94. The molecular weight excluding hydrogens is 524 g/mol. The zero-order chi connectivity index (χ0) is 29.3. The topological polar surface area (TPSA) is 26.3 Å². The zero-order valence-corrected chi connectivity index (χ0v) is 24.9. The Balaban J connectivity index is 1.28. The van der Waals surface area contributed by atoms with Gasteiger partial charge in [0.2, 0.25) is 0 Å². The number of furan rings is 2. The standard InChI is InChI=1S/C41H34O2/c1-4-11-27(3)32(33-16-7-6-14-29(33)12-5-2)21-19-28-13-10-15-30(23-28)31-20-22-39-35(24-31)37-25-36-34-17-8-9-18-38(34)42-40(36)26-41(37)43-39/h4,6-11,13-26H,5,12H2,1-3H3/b11-4-,21-19+,32-27+. The minimum Gasteiger partial charge on any atom is -0.456 e. The Bertz CT molecular complexity index is 2210. The lowest BCUT2D eigenvalue weighted by atomic mass is 9.92. The van der Waals surface area contributed by atoms with Crippen LogP contribution in [0.3, 0.4) is 0 Å². The minimum atomic E-state index is 0.842. The molecule has 0 atom stereocenters. The molecule has 0 saturated carbocycles. The van der Waals surface area contributed by atoms with Crippen LogP contribution in [-0.4, -0.2) is 0 Å². The molecule has 2 nitrogen and oxygen atoms in total. The summed E-state index contributed by atoms with van der Waals surface area (Å²) in [6, 6.07) is 36.5. The van der Waals surface area contributed by atoms with Crippen molar-refractivity contribution in [3.63, 3.8) is 0 Å². The largest absolute Gasteiger partial charge is 0.456 e. The molecule has 0 saturated heterocycles. The predicted molar refractivity (Wildman–Crippen MR) is 183 cm³/mol. The van der Waals surface area contributed by atoms with Crippen LogP contribution in [-0.2, 0) is 6.42 Å². The van der Waals surface area contributed by atoms with Crippen LogP contribution in [0.25, 0.3) is 66.7 Å². The highest BCUT2D eigenvalue weighted by atomic mass is 16.3. The lowest BCUT2D eigenvalue weighted by molar-refractivity contribution is 0.656. The van der Waals surface area contributed by atoms with Gasteiger partial charge in [0.25, 0.3) is 0 Å². The molecule has 0 spiro atoms. The van der Waals surface area contributed by atoms with Gasteiger partial charge in [0.1, 0.15) is 22.3 Å². The highest BCUT2D eigenvalue weighted by molar-refractivity contribution is 6.15. The van der Waals surface area contributed by atoms with Crippen LogP contribution >= 0.6 is 0 Å². The van der Waals surface area contributed by atoms with E-state index < -0.39 is 0 Å². The maximum absolute atomic E-state index is 6.27. The van der Waals surface area contributed by atoms with E-state index in [-0.39, 0.29) is 0 Å². The van der Waals surface area contributed by atoms with Gasteiger partial charge in [-0.2, -0.15) is 0 Å². The fraction of sp³-hybridized carbons (Fsp3) is 0.122. The fourth-order valence-corrected chi connectivity index (χ4v) is 6.22. The van der Waals surface area contributed by atoms with Gasteiger partial charge in [-0.15, -0.1) is 0 Å². The molecule has 2 heteroatoms. The summed E-state index contributed by atoms with van der Waals surface area (Å²) in [5.74, 6) is 0. The van der Waals surface area contributed by atoms with Gasteiger partial charge in [-0.05, 0) is 89.6 Å². The number of hydrogen-bond donors (Lipinski definition) is 0. The second-order valence-corrected chi connectivity index (χ2v) is 11.2. The summed E-state index contributed by atoms with van der Waals surface area (Å²) in [5, 5.41) is 4.45. The first-order valence-corrected chi connectivity index (χ1v) is 15.1. The monoisotopic (exact) mass is 558 g/mol. The second kappa shape index (κ2) is 11.3. The molecule has 0 fully saturated rings. The number of aryl methyl sites for hydroxylation is 1. The van der Waals surface area contributed by atoms with Crippen molar-refractivity contribution in [2.75, 3.05) is 0 Å². The van der Waals surface area contributed by atoms with E-state index in [9.17, 15) is 0 Å². The van der Waals surface area contributed by atoms with Gasteiger partial charge in [0.05, 0.1) is 0 Å². The van der Waals surface area contributed by atoms with Crippen molar-refractivity contribution in [1.29, 1.82) is 0 Å². The molecule has 5 aromatic carbocycles. The number of benzene rings is 5. The summed E-state index contributed by atoms with van der Waals surface area (Å²) in [6.07, 6.45) is 11.0.